The number of hydrogen-bond donors (Lipinski definition) is 1. The summed E-state index contributed by atoms with van der Waals surface area (Å²) >= 11 is 0. The van der Waals surface area contributed by atoms with E-state index in [2.05, 4.69) is 43.6 Å². The van der Waals surface area contributed by atoms with Gasteiger partial charge >= 0.3 is 0 Å². The maximum absolute atomic E-state index is 5.77. The molecule has 1 saturated heterocycles. The molecule has 0 aromatic heterocycles. The van der Waals surface area contributed by atoms with E-state index in [0.717, 1.165) is 12.5 Å². The van der Waals surface area contributed by atoms with Crippen LogP contribution in [0.1, 0.15) is 55.7 Å². The van der Waals surface area contributed by atoms with Crippen molar-refractivity contribution < 1.29 is 4.74 Å². The monoisotopic (exact) mass is 259 g/mol. The summed E-state index contributed by atoms with van der Waals surface area (Å²) in [6.45, 7) is 3.13. The largest absolute Gasteiger partial charge is 0.378 e. The van der Waals surface area contributed by atoms with Gasteiger partial charge < -0.3 is 10.1 Å². The van der Waals surface area contributed by atoms with Gasteiger partial charge in [-0.2, -0.15) is 0 Å². The van der Waals surface area contributed by atoms with Gasteiger partial charge in [-0.15, -0.1) is 0 Å². The first kappa shape index (κ1) is 13.1. The summed E-state index contributed by atoms with van der Waals surface area (Å²) in [6.07, 6.45) is 5.67. The minimum absolute atomic E-state index is 0.367. The molecule has 3 rings (SSSR count). The Morgan fingerprint density at radius 1 is 1.21 bits per heavy atom. The molecule has 1 aliphatic heterocycles. The van der Waals surface area contributed by atoms with E-state index in [9.17, 15) is 0 Å². The fourth-order valence-electron chi connectivity index (χ4n) is 3.67. The third kappa shape index (κ3) is 2.44. The summed E-state index contributed by atoms with van der Waals surface area (Å²) in [6, 6.07) is 9.47. The normalized spacial score (nSPS) is 29.2. The molecule has 0 spiro atoms. The number of benzene rings is 1. The summed E-state index contributed by atoms with van der Waals surface area (Å²) in [7, 11) is 2.09. The lowest BCUT2D eigenvalue weighted by Gasteiger charge is -2.33. The highest BCUT2D eigenvalue weighted by Crippen LogP contribution is 2.42. The molecule has 2 nitrogen and oxygen atoms in total. The van der Waals surface area contributed by atoms with Crippen LogP contribution in [0.25, 0.3) is 0 Å². The zero-order valence-electron chi connectivity index (χ0n) is 12.1. The molecule has 3 unspecified atom stereocenters. The molecule has 1 aliphatic carbocycles. The van der Waals surface area contributed by atoms with Gasteiger partial charge in [0.15, 0.2) is 0 Å². The van der Waals surface area contributed by atoms with E-state index in [-0.39, 0.29) is 0 Å². The van der Waals surface area contributed by atoms with Crippen molar-refractivity contribution in [3.05, 3.63) is 35.4 Å². The highest BCUT2D eigenvalue weighted by Gasteiger charge is 2.34. The van der Waals surface area contributed by atoms with Crippen LogP contribution in [-0.2, 0) is 4.74 Å². The lowest BCUT2D eigenvalue weighted by Crippen LogP contribution is -2.31. The Hall–Kier alpha value is -0.860. The predicted octanol–water partition coefficient (Wildman–Crippen LogP) is 3.64. The predicted molar refractivity (Wildman–Crippen MR) is 78.4 cm³/mol. The van der Waals surface area contributed by atoms with Crippen LogP contribution in [0, 0.1) is 5.92 Å². The third-order valence-corrected chi connectivity index (χ3v) is 5.05. The van der Waals surface area contributed by atoms with Gasteiger partial charge in [-0.3, -0.25) is 0 Å². The standard InChI is InChI=1S/C17H25NO/c1-12-14(10-11-19-12)17(18-2)16-9-4-3-8-15(16)13-6-5-7-13/h3-4,8-9,12-14,17-18H,5-7,10-11H2,1-2H3. The molecule has 19 heavy (non-hydrogen) atoms. The van der Waals surface area contributed by atoms with Crippen molar-refractivity contribution in [2.75, 3.05) is 13.7 Å². The van der Waals surface area contributed by atoms with Crippen LogP contribution < -0.4 is 5.32 Å². The quantitative estimate of drug-likeness (QED) is 0.891. The van der Waals surface area contributed by atoms with E-state index in [1.54, 1.807) is 5.56 Å². The van der Waals surface area contributed by atoms with Crippen molar-refractivity contribution in [1.82, 2.24) is 5.32 Å². The first-order valence-electron chi connectivity index (χ1n) is 7.69. The molecule has 0 amide bonds. The Bertz CT molecular complexity index is 427. The zero-order valence-corrected chi connectivity index (χ0v) is 12.1. The Kier molecular flexibility index (Phi) is 3.90. The van der Waals surface area contributed by atoms with E-state index in [1.807, 2.05) is 0 Å². The van der Waals surface area contributed by atoms with Gasteiger partial charge in [-0.1, -0.05) is 30.7 Å². The molecule has 1 saturated carbocycles. The van der Waals surface area contributed by atoms with Crippen molar-refractivity contribution >= 4 is 0 Å². The average molecular weight is 259 g/mol. The second-order valence-corrected chi connectivity index (χ2v) is 6.05. The van der Waals surface area contributed by atoms with Crippen molar-refractivity contribution in [1.29, 1.82) is 0 Å². The zero-order chi connectivity index (χ0) is 13.2. The van der Waals surface area contributed by atoms with Gasteiger partial charge in [0, 0.05) is 18.6 Å². The first-order valence-corrected chi connectivity index (χ1v) is 7.69. The molecule has 2 aliphatic rings. The molecule has 1 heterocycles. The fourth-order valence-corrected chi connectivity index (χ4v) is 3.67. The van der Waals surface area contributed by atoms with Crippen molar-refractivity contribution in [2.45, 2.75) is 50.7 Å². The Balaban J connectivity index is 1.90. The molecule has 2 heteroatoms. The summed E-state index contributed by atoms with van der Waals surface area (Å²) < 4.78 is 5.77. The Morgan fingerprint density at radius 2 is 2.00 bits per heavy atom. The van der Waals surface area contributed by atoms with Crippen LogP contribution in [0.4, 0.5) is 0 Å². The number of rotatable bonds is 4. The number of hydrogen-bond acceptors (Lipinski definition) is 2. The van der Waals surface area contributed by atoms with Crippen LogP contribution in [0.15, 0.2) is 24.3 Å². The summed E-state index contributed by atoms with van der Waals surface area (Å²) in [5.41, 5.74) is 3.09. The van der Waals surface area contributed by atoms with Crippen LogP contribution in [0.5, 0.6) is 0 Å². The van der Waals surface area contributed by atoms with Crippen molar-refractivity contribution in [3.63, 3.8) is 0 Å². The van der Waals surface area contributed by atoms with E-state index in [1.165, 1.54) is 31.2 Å². The minimum Gasteiger partial charge on any atom is -0.378 e. The maximum atomic E-state index is 5.77. The van der Waals surface area contributed by atoms with Gasteiger partial charge in [0.2, 0.25) is 0 Å². The fraction of sp³-hybridized carbons (Fsp3) is 0.647. The molecule has 1 N–H and O–H groups in total. The highest BCUT2D eigenvalue weighted by atomic mass is 16.5. The molecule has 3 atom stereocenters. The van der Waals surface area contributed by atoms with Crippen molar-refractivity contribution in [3.8, 4) is 0 Å². The smallest absolute Gasteiger partial charge is 0.0594 e. The minimum atomic E-state index is 0.367. The molecule has 2 fully saturated rings. The van der Waals surface area contributed by atoms with E-state index in [0.29, 0.717) is 18.1 Å². The lowest BCUT2D eigenvalue weighted by atomic mass is 9.75. The van der Waals surface area contributed by atoms with E-state index < -0.39 is 0 Å². The van der Waals surface area contributed by atoms with Crippen molar-refractivity contribution in [2.24, 2.45) is 5.92 Å². The van der Waals surface area contributed by atoms with Gasteiger partial charge in [0.1, 0.15) is 0 Å². The van der Waals surface area contributed by atoms with E-state index in [4.69, 9.17) is 4.74 Å². The van der Waals surface area contributed by atoms with Crippen LogP contribution >= 0.6 is 0 Å². The summed E-state index contributed by atoms with van der Waals surface area (Å²) in [5, 5.41) is 3.55. The van der Waals surface area contributed by atoms with Crippen LogP contribution in [0.3, 0.4) is 0 Å². The highest BCUT2D eigenvalue weighted by molar-refractivity contribution is 5.35. The Labute approximate surface area is 116 Å². The number of nitrogens with one attached hydrogen (secondary N) is 1. The molecular weight excluding hydrogens is 234 g/mol. The van der Waals surface area contributed by atoms with Crippen LogP contribution in [0.2, 0.25) is 0 Å². The number of ether oxygens (including phenoxy) is 1. The summed E-state index contributed by atoms with van der Waals surface area (Å²) in [4.78, 5) is 0. The molecule has 104 valence electrons. The SMILES string of the molecule is CNC(c1ccccc1C1CCC1)C1CCOC1C. The van der Waals surface area contributed by atoms with Gasteiger partial charge in [0.05, 0.1) is 6.10 Å². The summed E-state index contributed by atoms with van der Waals surface area (Å²) in [5.74, 6) is 1.40. The Morgan fingerprint density at radius 3 is 2.58 bits per heavy atom. The molecule has 0 bridgehead atoms. The van der Waals surface area contributed by atoms with Gasteiger partial charge in [-0.05, 0) is 50.3 Å². The van der Waals surface area contributed by atoms with E-state index >= 15 is 0 Å². The topological polar surface area (TPSA) is 21.3 Å². The lowest BCUT2D eigenvalue weighted by molar-refractivity contribution is 0.0961. The maximum Gasteiger partial charge on any atom is 0.0594 e. The molecule has 0 radical (unpaired) electrons. The second-order valence-electron chi connectivity index (χ2n) is 6.05. The third-order valence-electron chi connectivity index (χ3n) is 5.05. The second kappa shape index (κ2) is 5.64. The molecule has 1 aromatic carbocycles. The van der Waals surface area contributed by atoms with Crippen LogP contribution in [-0.4, -0.2) is 19.8 Å². The molecular formula is C17H25NO. The molecule has 1 aromatic rings. The van der Waals surface area contributed by atoms with Gasteiger partial charge in [-0.25, -0.2) is 0 Å². The first-order chi connectivity index (χ1) is 9.31. The van der Waals surface area contributed by atoms with Gasteiger partial charge in [0.25, 0.3) is 0 Å². The average Bonchev–Trinajstić information content (AvgIpc) is 2.77.